The first-order valence-electron chi connectivity index (χ1n) is 7.11. The second-order valence-corrected chi connectivity index (χ2v) is 8.10. The lowest BCUT2D eigenvalue weighted by Gasteiger charge is -2.33. The van der Waals surface area contributed by atoms with E-state index in [1.54, 1.807) is 5.48 Å². The SMILES string of the molecule is CCCCS(=O)(=O)N1CCN(c2ncc(C(=O)NO)s2)CC1. The van der Waals surface area contributed by atoms with E-state index in [1.165, 1.54) is 21.8 Å². The highest BCUT2D eigenvalue weighted by Gasteiger charge is 2.27. The molecule has 0 spiro atoms. The molecule has 8 nitrogen and oxygen atoms in total. The summed E-state index contributed by atoms with van der Waals surface area (Å²) < 4.78 is 25.8. The Hall–Kier alpha value is -1.23. The number of carbonyl (C=O) groups is 1. The van der Waals surface area contributed by atoms with Crippen molar-refractivity contribution >= 4 is 32.4 Å². The topological polar surface area (TPSA) is 103 Å². The summed E-state index contributed by atoms with van der Waals surface area (Å²) >= 11 is 1.17. The number of hydrogen-bond acceptors (Lipinski definition) is 7. The van der Waals surface area contributed by atoms with Crippen molar-refractivity contribution in [2.24, 2.45) is 0 Å². The minimum atomic E-state index is -3.17. The molecule has 10 heteroatoms. The number of sulfonamides is 1. The summed E-state index contributed by atoms with van der Waals surface area (Å²) in [5.41, 5.74) is 1.57. The second-order valence-electron chi connectivity index (χ2n) is 5.00. The van der Waals surface area contributed by atoms with Crippen LogP contribution in [0.2, 0.25) is 0 Å². The Balaban J connectivity index is 1.94. The molecule has 0 bridgehead atoms. The number of hydroxylamine groups is 1. The predicted octanol–water partition coefficient (Wildman–Crippen LogP) is 0.514. The number of thiazole rings is 1. The van der Waals surface area contributed by atoms with E-state index in [-0.39, 0.29) is 5.75 Å². The van der Waals surface area contributed by atoms with Crippen LogP contribution in [0, 0.1) is 0 Å². The van der Waals surface area contributed by atoms with E-state index in [1.807, 2.05) is 11.8 Å². The minimum Gasteiger partial charge on any atom is -0.345 e. The monoisotopic (exact) mass is 348 g/mol. The number of unbranched alkanes of at least 4 members (excludes halogenated alkanes) is 1. The largest absolute Gasteiger partial charge is 0.345 e. The summed E-state index contributed by atoms with van der Waals surface area (Å²) in [5, 5.41) is 9.25. The molecule has 0 aromatic carbocycles. The third-order valence-electron chi connectivity index (χ3n) is 3.48. The molecule has 1 amide bonds. The lowest BCUT2D eigenvalue weighted by atomic mass is 10.4. The fraction of sp³-hybridized carbons (Fsp3) is 0.667. The van der Waals surface area contributed by atoms with Crippen molar-refractivity contribution in [1.82, 2.24) is 14.8 Å². The molecule has 1 aromatic heterocycles. The number of amides is 1. The van der Waals surface area contributed by atoms with E-state index >= 15 is 0 Å². The fourth-order valence-corrected chi connectivity index (χ4v) is 4.67. The molecule has 2 heterocycles. The number of carbonyl (C=O) groups excluding carboxylic acids is 1. The zero-order valence-corrected chi connectivity index (χ0v) is 14.0. The van der Waals surface area contributed by atoms with Gasteiger partial charge in [0, 0.05) is 26.2 Å². The molecule has 1 aromatic rings. The first kappa shape index (κ1) is 17.1. The van der Waals surface area contributed by atoms with Gasteiger partial charge < -0.3 is 4.90 Å². The predicted molar refractivity (Wildman–Crippen MR) is 83.8 cm³/mol. The van der Waals surface area contributed by atoms with Gasteiger partial charge in [-0.15, -0.1) is 0 Å². The van der Waals surface area contributed by atoms with E-state index in [9.17, 15) is 13.2 Å². The third kappa shape index (κ3) is 3.94. The van der Waals surface area contributed by atoms with Crippen LogP contribution in [0.1, 0.15) is 29.4 Å². The number of hydrogen-bond donors (Lipinski definition) is 2. The number of rotatable bonds is 6. The molecule has 0 saturated carbocycles. The molecular weight excluding hydrogens is 328 g/mol. The lowest BCUT2D eigenvalue weighted by molar-refractivity contribution is 0.0710. The van der Waals surface area contributed by atoms with E-state index in [0.29, 0.717) is 42.6 Å². The van der Waals surface area contributed by atoms with Gasteiger partial charge in [-0.05, 0) is 6.42 Å². The summed E-state index contributed by atoms with van der Waals surface area (Å²) in [6.45, 7) is 3.90. The van der Waals surface area contributed by atoms with E-state index in [2.05, 4.69) is 4.98 Å². The van der Waals surface area contributed by atoms with Gasteiger partial charge in [0.05, 0.1) is 11.9 Å². The molecule has 1 aliphatic rings. The van der Waals surface area contributed by atoms with Crippen LogP contribution in [-0.4, -0.2) is 60.8 Å². The number of anilines is 1. The van der Waals surface area contributed by atoms with Crippen molar-refractivity contribution in [2.75, 3.05) is 36.8 Å². The number of nitrogens with zero attached hydrogens (tertiary/aromatic N) is 3. The molecule has 2 N–H and O–H groups in total. The zero-order chi connectivity index (χ0) is 16.2. The molecular formula is C12H20N4O4S2. The first-order chi connectivity index (χ1) is 10.5. The summed E-state index contributed by atoms with van der Waals surface area (Å²) in [5.74, 6) is -0.397. The van der Waals surface area contributed by atoms with Crippen molar-refractivity contribution in [2.45, 2.75) is 19.8 Å². The average molecular weight is 348 g/mol. The van der Waals surface area contributed by atoms with Crippen LogP contribution in [0.5, 0.6) is 0 Å². The highest BCUT2D eigenvalue weighted by atomic mass is 32.2. The normalized spacial score (nSPS) is 16.7. The molecule has 1 aliphatic heterocycles. The lowest BCUT2D eigenvalue weighted by Crippen LogP contribution is -2.49. The Labute approximate surface area is 133 Å². The second kappa shape index (κ2) is 7.36. The Kier molecular flexibility index (Phi) is 5.73. The highest BCUT2D eigenvalue weighted by Crippen LogP contribution is 2.24. The number of aromatic nitrogens is 1. The molecule has 0 radical (unpaired) electrons. The molecule has 0 atom stereocenters. The summed E-state index contributed by atoms with van der Waals surface area (Å²) in [6, 6.07) is 0. The van der Waals surface area contributed by atoms with E-state index in [4.69, 9.17) is 5.21 Å². The average Bonchev–Trinajstić information content (AvgIpc) is 3.02. The van der Waals surface area contributed by atoms with Crippen molar-refractivity contribution < 1.29 is 18.4 Å². The molecule has 0 unspecified atom stereocenters. The fourth-order valence-electron chi connectivity index (χ4n) is 2.18. The highest BCUT2D eigenvalue weighted by molar-refractivity contribution is 7.89. The van der Waals surface area contributed by atoms with Gasteiger partial charge in [-0.3, -0.25) is 10.0 Å². The van der Waals surface area contributed by atoms with Gasteiger partial charge in [0.2, 0.25) is 10.0 Å². The molecule has 1 fully saturated rings. The van der Waals surface area contributed by atoms with Gasteiger partial charge in [0.1, 0.15) is 4.88 Å². The quantitative estimate of drug-likeness (QED) is 0.574. The number of piperazine rings is 1. The molecule has 2 rings (SSSR count). The minimum absolute atomic E-state index is 0.196. The van der Waals surface area contributed by atoms with E-state index in [0.717, 1.165) is 6.42 Å². The van der Waals surface area contributed by atoms with Crippen LogP contribution in [0.15, 0.2) is 6.20 Å². The molecule has 0 aliphatic carbocycles. The van der Waals surface area contributed by atoms with E-state index < -0.39 is 15.9 Å². The van der Waals surface area contributed by atoms with Crippen molar-refractivity contribution in [3.05, 3.63) is 11.1 Å². The van der Waals surface area contributed by atoms with Crippen molar-refractivity contribution in [3.8, 4) is 0 Å². The summed E-state index contributed by atoms with van der Waals surface area (Å²) in [4.78, 5) is 17.7. The Bertz CT molecular complexity index is 608. The molecule has 124 valence electrons. The van der Waals surface area contributed by atoms with Crippen LogP contribution in [-0.2, 0) is 10.0 Å². The van der Waals surface area contributed by atoms with Crippen molar-refractivity contribution in [3.63, 3.8) is 0 Å². The maximum Gasteiger partial charge on any atom is 0.286 e. The summed E-state index contributed by atoms with van der Waals surface area (Å²) in [6.07, 6.45) is 2.93. The van der Waals surface area contributed by atoms with Crippen LogP contribution in [0.3, 0.4) is 0 Å². The van der Waals surface area contributed by atoms with Crippen LogP contribution < -0.4 is 10.4 Å². The Morgan fingerprint density at radius 2 is 2.09 bits per heavy atom. The standard InChI is InChI=1S/C12H20N4O4S2/c1-2-3-8-22(19,20)16-6-4-15(5-7-16)12-13-9-10(21-12)11(17)14-18/h9,18H,2-8H2,1H3,(H,14,17). The van der Waals surface area contributed by atoms with Gasteiger partial charge in [-0.25, -0.2) is 18.9 Å². The van der Waals surface area contributed by atoms with Crippen LogP contribution >= 0.6 is 11.3 Å². The van der Waals surface area contributed by atoms with Crippen LogP contribution in [0.25, 0.3) is 0 Å². The first-order valence-corrected chi connectivity index (χ1v) is 9.53. The maximum atomic E-state index is 12.1. The van der Waals surface area contributed by atoms with Gasteiger partial charge >= 0.3 is 0 Å². The zero-order valence-electron chi connectivity index (χ0n) is 12.4. The van der Waals surface area contributed by atoms with Gasteiger partial charge in [-0.2, -0.15) is 4.31 Å². The smallest absolute Gasteiger partial charge is 0.286 e. The Morgan fingerprint density at radius 3 is 2.68 bits per heavy atom. The third-order valence-corrected chi connectivity index (χ3v) is 6.49. The molecule has 1 saturated heterocycles. The van der Waals surface area contributed by atoms with Gasteiger partial charge in [0.25, 0.3) is 5.91 Å². The maximum absolute atomic E-state index is 12.1. The molecule has 22 heavy (non-hydrogen) atoms. The van der Waals surface area contributed by atoms with Crippen molar-refractivity contribution in [1.29, 1.82) is 0 Å². The summed E-state index contributed by atoms with van der Waals surface area (Å²) in [7, 11) is -3.17. The number of nitrogens with one attached hydrogen (secondary N) is 1. The Morgan fingerprint density at radius 1 is 1.41 bits per heavy atom. The van der Waals surface area contributed by atoms with Gasteiger partial charge in [-0.1, -0.05) is 24.7 Å². The van der Waals surface area contributed by atoms with Gasteiger partial charge in [0.15, 0.2) is 5.13 Å². The van der Waals surface area contributed by atoms with Crippen LogP contribution in [0.4, 0.5) is 5.13 Å².